The third-order valence-corrected chi connectivity index (χ3v) is 4.52. The number of H-pyrrole nitrogens is 1. The summed E-state index contributed by atoms with van der Waals surface area (Å²) in [4.78, 5) is 34.1. The van der Waals surface area contributed by atoms with E-state index in [-0.39, 0.29) is 17.0 Å². The van der Waals surface area contributed by atoms with E-state index in [0.29, 0.717) is 11.2 Å². The van der Waals surface area contributed by atoms with Gasteiger partial charge in [0.2, 0.25) is 0 Å². The molecule has 0 aliphatic rings. The second-order valence-corrected chi connectivity index (χ2v) is 6.53. The highest BCUT2D eigenvalue weighted by Crippen LogP contribution is 2.28. The quantitative estimate of drug-likeness (QED) is 0.594. The van der Waals surface area contributed by atoms with Gasteiger partial charge in [0.25, 0.3) is 11.5 Å². The molecular weight excluding hydrogens is 332 g/mol. The first kappa shape index (κ1) is 16.1. The third-order valence-electron chi connectivity index (χ3n) is 4.52. The van der Waals surface area contributed by atoms with Crippen LogP contribution >= 0.6 is 0 Å². The number of aromatic amines is 1. The Morgan fingerprint density at radius 2 is 1.92 bits per heavy atom. The highest BCUT2D eigenvalue weighted by Gasteiger charge is 2.18. The highest BCUT2D eigenvalue weighted by atomic mass is 16.2. The van der Waals surface area contributed by atoms with Crippen LogP contribution in [-0.2, 0) is 14.1 Å². The van der Waals surface area contributed by atoms with Crippen LogP contribution < -0.4 is 5.56 Å². The van der Waals surface area contributed by atoms with E-state index in [1.807, 2.05) is 19.3 Å². The Hall–Kier alpha value is -3.42. The van der Waals surface area contributed by atoms with Gasteiger partial charge in [-0.15, -0.1) is 0 Å². The monoisotopic (exact) mass is 350 g/mol. The Morgan fingerprint density at radius 1 is 1.15 bits per heavy atom. The van der Waals surface area contributed by atoms with E-state index < -0.39 is 0 Å². The van der Waals surface area contributed by atoms with Gasteiger partial charge in [0.15, 0.2) is 0 Å². The lowest BCUT2D eigenvalue weighted by molar-refractivity contribution is 0.0825. The van der Waals surface area contributed by atoms with Crippen LogP contribution in [0.4, 0.5) is 0 Å². The number of aryl methyl sites for hydroxylation is 2. The maximum atomic E-state index is 12.6. The second kappa shape index (κ2) is 5.55. The van der Waals surface area contributed by atoms with Crippen molar-refractivity contribution in [1.29, 1.82) is 0 Å². The summed E-state index contributed by atoms with van der Waals surface area (Å²) in [5, 5.41) is 5.84. The van der Waals surface area contributed by atoms with Crippen molar-refractivity contribution in [3.05, 3.63) is 46.6 Å². The Bertz CT molecular complexity index is 1230. The van der Waals surface area contributed by atoms with Gasteiger partial charge in [-0.3, -0.25) is 14.3 Å². The normalized spacial score (nSPS) is 11.4. The fourth-order valence-electron chi connectivity index (χ4n) is 3.11. The molecule has 1 N–H and O–H groups in total. The molecule has 0 spiro atoms. The van der Waals surface area contributed by atoms with Crippen LogP contribution in [0.1, 0.15) is 10.4 Å². The average molecular weight is 350 g/mol. The van der Waals surface area contributed by atoms with Crippen LogP contribution in [0.2, 0.25) is 0 Å². The molecule has 0 radical (unpaired) electrons. The van der Waals surface area contributed by atoms with Crippen LogP contribution in [0, 0.1) is 0 Å². The molecule has 0 saturated carbocycles. The molecule has 4 rings (SSSR count). The van der Waals surface area contributed by atoms with Gasteiger partial charge in [-0.1, -0.05) is 0 Å². The van der Waals surface area contributed by atoms with E-state index in [2.05, 4.69) is 15.1 Å². The zero-order valence-corrected chi connectivity index (χ0v) is 14.9. The Balaban J connectivity index is 2.03. The number of carbonyl (C=O) groups is 1. The van der Waals surface area contributed by atoms with Crippen LogP contribution in [0.5, 0.6) is 0 Å². The maximum absolute atomic E-state index is 12.6. The molecule has 0 aliphatic carbocycles. The standard InChI is InChI=1S/C18H18N6O2/c1-22(2)17(25)13-5-11-12-6-14(10-7-20-23(3)9-10)21-16(12)19-8-15(11)24(4)18(13)26/h5-9H,1-4H3,(H,19,21). The van der Waals surface area contributed by atoms with E-state index in [1.54, 1.807) is 44.3 Å². The van der Waals surface area contributed by atoms with E-state index in [9.17, 15) is 9.59 Å². The molecule has 0 atom stereocenters. The van der Waals surface area contributed by atoms with Crippen molar-refractivity contribution in [2.24, 2.45) is 14.1 Å². The summed E-state index contributed by atoms with van der Waals surface area (Å²) in [6.45, 7) is 0. The van der Waals surface area contributed by atoms with Gasteiger partial charge < -0.3 is 14.5 Å². The molecule has 4 aromatic rings. The summed E-state index contributed by atoms with van der Waals surface area (Å²) >= 11 is 0. The number of pyridine rings is 2. The number of aromatic nitrogens is 5. The molecule has 0 bridgehead atoms. The van der Waals surface area contributed by atoms with Crippen LogP contribution in [-0.4, -0.2) is 49.2 Å². The topological polar surface area (TPSA) is 88.8 Å². The Morgan fingerprint density at radius 3 is 2.58 bits per heavy atom. The summed E-state index contributed by atoms with van der Waals surface area (Å²) in [6.07, 6.45) is 5.32. The van der Waals surface area contributed by atoms with Crippen molar-refractivity contribution in [1.82, 2.24) is 29.2 Å². The molecular formula is C18H18N6O2. The number of nitrogens with one attached hydrogen (secondary N) is 1. The van der Waals surface area contributed by atoms with Crippen molar-refractivity contribution in [3.63, 3.8) is 0 Å². The predicted molar refractivity (Wildman–Crippen MR) is 99.1 cm³/mol. The highest BCUT2D eigenvalue weighted by molar-refractivity contribution is 6.07. The molecule has 8 heteroatoms. The van der Waals surface area contributed by atoms with Gasteiger partial charge >= 0.3 is 0 Å². The molecule has 4 heterocycles. The molecule has 26 heavy (non-hydrogen) atoms. The summed E-state index contributed by atoms with van der Waals surface area (Å²) in [5.41, 5.74) is 2.99. The lowest BCUT2D eigenvalue weighted by atomic mass is 10.1. The lowest BCUT2D eigenvalue weighted by Crippen LogP contribution is -2.31. The first-order chi connectivity index (χ1) is 12.4. The summed E-state index contributed by atoms with van der Waals surface area (Å²) in [7, 11) is 6.77. The third kappa shape index (κ3) is 2.30. The number of nitrogens with zero attached hydrogens (tertiary/aromatic N) is 5. The fraction of sp³-hybridized carbons (Fsp3) is 0.222. The molecule has 8 nitrogen and oxygen atoms in total. The van der Waals surface area contributed by atoms with Crippen molar-refractivity contribution in [2.75, 3.05) is 14.1 Å². The smallest absolute Gasteiger partial charge is 0.263 e. The summed E-state index contributed by atoms with van der Waals surface area (Å²) in [5.74, 6) is -0.319. The first-order valence-corrected chi connectivity index (χ1v) is 8.09. The maximum Gasteiger partial charge on any atom is 0.263 e. The number of amides is 1. The number of carbonyl (C=O) groups excluding carboxylic acids is 1. The Kier molecular flexibility index (Phi) is 3.43. The average Bonchev–Trinajstić information content (AvgIpc) is 3.23. The first-order valence-electron chi connectivity index (χ1n) is 8.09. The zero-order chi connectivity index (χ0) is 18.6. The SMILES string of the molecule is CN(C)C(=O)c1cc2c3cc(-c4cnn(C)c4)[nH]c3ncc2n(C)c1=O. The van der Waals surface area contributed by atoms with Crippen molar-refractivity contribution >= 4 is 27.8 Å². The minimum atomic E-state index is -0.333. The van der Waals surface area contributed by atoms with E-state index in [0.717, 1.165) is 22.0 Å². The molecule has 4 aromatic heterocycles. The molecule has 0 fully saturated rings. The number of hydrogen-bond donors (Lipinski definition) is 1. The molecule has 132 valence electrons. The number of fused-ring (bicyclic) bond motifs is 3. The van der Waals surface area contributed by atoms with E-state index >= 15 is 0 Å². The molecule has 0 unspecified atom stereocenters. The van der Waals surface area contributed by atoms with E-state index in [4.69, 9.17) is 0 Å². The van der Waals surface area contributed by atoms with Gasteiger partial charge in [0.05, 0.1) is 23.6 Å². The van der Waals surface area contributed by atoms with Gasteiger partial charge in [-0.05, 0) is 12.1 Å². The molecule has 0 saturated heterocycles. The van der Waals surface area contributed by atoms with Gasteiger partial charge in [-0.2, -0.15) is 5.10 Å². The molecule has 0 aliphatic heterocycles. The zero-order valence-electron chi connectivity index (χ0n) is 14.9. The largest absolute Gasteiger partial charge is 0.345 e. The fourth-order valence-corrected chi connectivity index (χ4v) is 3.11. The molecule has 0 aromatic carbocycles. The van der Waals surface area contributed by atoms with Crippen LogP contribution in [0.3, 0.4) is 0 Å². The van der Waals surface area contributed by atoms with Crippen molar-refractivity contribution in [2.45, 2.75) is 0 Å². The van der Waals surface area contributed by atoms with Gasteiger partial charge in [0.1, 0.15) is 11.2 Å². The minimum absolute atomic E-state index is 0.140. The van der Waals surface area contributed by atoms with Crippen LogP contribution in [0.15, 0.2) is 35.5 Å². The Labute approximate surface area is 148 Å². The number of rotatable bonds is 2. The lowest BCUT2D eigenvalue weighted by Gasteiger charge is -2.12. The van der Waals surface area contributed by atoms with Crippen LogP contribution in [0.25, 0.3) is 33.2 Å². The van der Waals surface area contributed by atoms with Gasteiger partial charge in [-0.25, -0.2) is 4.98 Å². The minimum Gasteiger partial charge on any atom is -0.345 e. The van der Waals surface area contributed by atoms with Crippen molar-refractivity contribution < 1.29 is 4.79 Å². The summed E-state index contributed by atoms with van der Waals surface area (Å²) < 4.78 is 3.19. The van der Waals surface area contributed by atoms with E-state index in [1.165, 1.54) is 9.47 Å². The molecule has 1 amide bonds. The second-order valence-electron chi connectivity index (χ2n) is 6.53. The predicted octanol–water partition coefficient (Wildman–Crippen LogP) is 1.52. The number of hydrogen-bond acceptors (Lipinski definition) is 4. The summed E-state index contributed by atoms with van der Waals surface area (Å²) in [6, 6.07) is 3.63. The van der Waals surface area contributed by atoms with Gasteiger partial charge in [0, 0.05) is 50.7 Å². The van der Waals surface area contributed by atoms with Crippen molar-refractivity contribution in [3.8, 4) is 11.3 Å².